The maximum absolute atomic E-state index is 12.4. The Hall–Kier alpha value is -2.49. The summed E-state index contributed by atoms with van der Waals surface area (Å²) in [5, 5.41) is 0. The maximum Gasteiger partial charge on any atom is 0.313 e. The number of esters is 1. The van der Waals surface area contributed by atoms with Gasteiger partial charge in [0.2, 0.25) is 0 Å². The molecular formula is C20H24N2O2. The predicted octanol–water partition coefficient (Wildman–Crippen LogP) is 3.44. The molecule has 1 heterocycles. The molecule has 0 saturated carbocycles. The van der Waals surface area contributed by atoms with Crippen LogP contribution in [0.4, 0.5) is 11.4 Å². The van der Waals surface area contributed by atoms with Crippen LogP contribution in [0.5, 0.6) is 0 Å². The van der Waals surface area contributed by atoms with Crippen molar-refractivity contribution < 1.29 is 9.53 Å². The molecule has 0 aromatic heterocycles. The number of benzene rings is 2. The SMILES string of the molecule is COC(=O)C(c1ccc(N)cc1)C1CCN(c2ccccc2)CC1. The van der Waals surface area contributed by atoms with Crippen molar-refractivity contribution in [2.24, 2.45) is 5.92 Å². The lowest BCUT2D eigenvalue weighted by Gasteiger charge is -2.36. The zero-order valence-corrected chi connectivity index (χ0v) is 14.0. The molecule has 4 heteroatoms. The predicted molar refractivity (Wildman–Crippen MR) is 97.0 cm³/mol. The molecule has 4 nitrogen and oxygen atoms in total. The number of para-hydroxylation sites is 1. The van der Waals surface area contributed by atoms with Crippen LogP contribution in [0.25, 0.3) is 0 Å². The number of hydrogen-bond acceptors (Lipinski definition) is 4. The molecule has 3 rings (SSSR count). The van der Waals surface area contributed by atoms with E-state index in [-0.39, 0.29) is 11.9 Å². The highest BCUT2D eigenvalue weighted by molar-refractivity contribution is 5.78. The van der Waals surface area contributed by atoms with Crippen molar-refractivity contribution in [1.29, 1.82) is 0 Å². The van der Waals surface area contributed by atoms with Gasteiger partial charge >= 0.3 is 5.97 Å². The van der Waals surface area contributed by atoms with Gasteiger partial charge in [-0.05, 0) is 48.6 Å². The third kappa shape index (κ3) is 3.53. The Morgan fingerprint density at radius 1 is 1.08 bits per heavy atom. The van der Waals surface area contributed by atoms with E-state index in [0.717, 1.165) is 31.5 Å². The normalized spacial score (nSPS) is 16.6. The van der Waals surface area contributed by atoms with Crippen molar-refractivity contribution in [3.63, 3.8) is 0 Å². The molecule has 2 aromatic rings. The highest BCUT2D eigenvalue weighted by Crippen LogP contribution is 2.35. The van der Waals surface area contributed by atoms with E-state index in [9.17, 15) is 4.79 Å². The first-order valence-electron chi connectivity index (χ1n) is 8.42. The molecule has 1 atom stereocenters. The fourth-order valence-corrected chi connectivity index (χ4v) is 3.56. The molecule has 0 aliphatic carbocycles. The molecular weight excluding hydrogens is 300 g/mol. The summed E-state index contributed by atoms with van der Waals surface area (Å²) in [5.41, 5.74) is 8.73. The fourth-order valence-electron chi connectivity index (χ4n) is 3.56. The van der Waals surface area contributed by atoms with E-state index in [1.807, 2.05) is 30.3 Å². The molecule has 0 bridgehead atoms. The molecule has 24 heavy (non-hydrogen) atoms. The zero-order chi connectivity index (χ0) is 16.9. The Balaban J connectivity index is 1.73. The summed E-state index contributed by atoms with van der Waals surface area (Å²) in [5.74, 6) is -0.0764. The van der Waals surface area contributed by atoms with Crippen LogP contribution in [0, 0.1) is 5.92 Å². The van der Waals surface area contributed by atoms with Gasteiger partial charge in [0.15, 0.2) is 0 Å². The monoisotopic (exact) mass is 324 g/mol. The van der Waals surface area contributed by atoms with E-state index in [2.05, 4.69) is 29.2 Å². The van der Waals surface area contributed by atoms with E-state index in [1.165, 1.54) is 12.8 Å². The van der Waals surface area contributed by atoms with E-state index >= 15 is 0 Å². The number of rotatable bonds is 4. The first-order valence-corrected chi connectivity index (χ1v) is 8.42. The molecule has 2 N–H and O–H groups in total. The number of anilines is 2. The summed E-state index contributed by atoms with van der Waals surface area (Å²) >= 11 is 0. The van der Waals surface area contributed by atoms with Gasteiger partial charge in [-0.25, -0.2) is 0 Å². The maximum atomic E-state index is 12.4. The lowest BCUT2D eigenvalue weighted by molar-refractivity contribution is -0.144. The minimum absolute atomic E-state index is 0.155. The van der Waals surface area contributed by atoms with Crippen LogP contribution < -0.4 is 10.6 Å². The van der Waals surface area contributed by atoms with Gasteiger partial charge < -0.3 is 15.4 Å². The second-order valence-corrected chi connectivity index (χ2v) is 6.33. The highest BCUT2D eigenvalue weighted by Gasteiger charge is 2.33. The molecule has 0 amide bonds. The summed E-state index contributed by atoms with van der Waals surface area (Å²) in [6.07, 6.45) is 1.94. The Morgan fingerprint density at radius 3 is 2.29 bits per heavy atom. The third-order valence-corrected chi connectivity index (χ3v) is 4.88. The Bertz CT molecular complexity index is 662. The quantitative estimate of drug-likeness (QED) is 0.691. The van der Waals surface area contributed by atoms with Crippen molar-refractivity contribution in [1.82, 2.24) is 0 Å². The Kier molecular flexibility index (Phi) is 5.04. The van der Waals surface area contributed by atoms with Gasteiger partial charge in [-0.1, -0.05) is 30.3 Å². The van der Waals surface area contributed by atoms with E-state index in [1.54, 1.807) is 0 Å². The number of nitrogen functional groups attached to an aromatic ring is 1. The molecule has 0 radical (unpaired) electrons. The Labute approximate surface area is 143 Å². The minimum Gasteiger partial charge on any atom is -0.469 e. The summed E-state index contributed by atoms with van der Waals surface area (Å²) in [7, 11) is 1.46. The second-order valence-electron chi connectivity index (χ2n) is 6.33. The van der Waals surface area contributed by atoms with Crippen molar-refractivity contribution in [3.05, 3.63) is 60.2 Å². The summed E-state index contributed by atoms with van der Waals surface area (Å²) in [6.45, 7) is 1.91. The van der Waals surface area contributed by atoms with Crippen LogP contribution in [0.15, 0.2) is 54.6 Å². The van der Waals surface area contributed by atoms with Crippen LogP contribution in [-0.2, 0) is 9.53 Å². The van der Waals surface area contributed by atoms with Crippen molar-refractivity contribution >= 4 is 17.3 Å². The summed E-state index contributed by atoms with van der Waals surface area (Å²) < 4.78 is 5.08. The minimum atomic E-state index is -0.214. The van der Waals surface area contributed by atoms with Crippen molar-refractivity contribution in [2.75, 3.05) is 30.8 Å². The van der Waals surface area contributed by atoms with Crippen molar-refractivity contribution in [2.45, 2.75) is 18.8 Å². The lowest BCUT2D eigenvalue weighted by atomic mass is 9.80. The van der Waals surface area contributed by atoms with Gasteiger partial charge in [-0.2, -0.15) is 0 Å². The van der Waals surface area contributed by atoms with Crippen LogP contribution in [0.3, 0.4) is 0 Å². The van der Waals surface area contributed by atoms with E-state index in [0.29, 0.717) is 11.6 Å². The van der Waals surface area contributed by atoms with Crippen LogP contribution in [0.2, 0.25) is 0 Å². The molecule has 1 saturated heterocycles. The number of methoxy groups -OCH3 is 1. The first kappa shape index (κ1) is 16.4. The number of nitrogens with zero attached hydrogens (tertiary/aromatic N) is 1. The van der Waals surface area contributed by atoms with Crippen molar-refractivity contribution in [3.8, 4) is 0 Å². The van der Waals surface area contributed by atoms with Crippen LogP contribution in [-0.4, -0.2) is 26.2 Å². The average Bonchev–Trinajstić information content (AvgIpc) is 2.64. The van der Waals surface area contributed by atoms with Crippen LogP contribution in [0.1, 0.15) is 24.3 Å². The largest absolute Gasteiger partial charge is 0.469 e. The highest BCUT2D eigenvalue weighted by atomic mass is 16.5. The standard InChI is InChI=1S/C20H24N2O2/c1-24-20(23)19(15-7-9-17(21)10-8-15)16-11-13-22(14-12-16)18-5-3-2-4-6-18/h2-10,16,19H,11-14,21H2,1H3. The third-order valence-electron chi connectivity index (χ3n) is 4.88. The first-order chi connectivity index (χ1) is 11.7. The molecule has 0 spiro atoms. The van der Waals surface area contributed by atoms with Gasteiger partial charge in [0.05, 0.1) is 13.0 Å². The average molecular weight is 324 g/mol. The number of piperidine rings is 1. The molecule has 126 valence electrons. The van der Waals surface area contributed by atoms with Gasteiger partial charge in [0, 0.05) is 24.5 Å². The van der Waals surface area contributed by atoms with Gasteiger partial charge in [0.25, 0.3) is 0 Å². The smallest absolute Gasteiger partial charge is 0.313 e. The summed E-state index contributed by atoms with van der Waals surface area (Å²) in [6, 6.07) is 18.0. The fraction of sp³-hybridized carbons (Fsp3) is 0.350. The zero-order valence-electron chi connectivity index (χ0n) is 14.0. The Morgan fingerprint density at radius 2 is 1.71 bits per heavy atom. The molecule has 1 unspecified atom stereocenters. The van der Waals surface area contributed by atoms with Gasteiger partial charge in [0.1, 0.15) is 0 Å². The number of hydrogen-bond donors (Lipinski definition) is 1. The number of nitrogens with two attached hydrogens (primary N) is 1. The molecule has 1 fully saturated rings. The van der Waals surface area contributed by atoms with E-state index < -0.39 is 0 Å². The molecule has 1 aliphatic heterocycles. The lowest BCUT2D eigenvalue weighted by Crippen LogP contribution is -2.37. The topological polar surface area (TPSA) is 55.6 Å². The number of carbonyl (C=O) groups is 1. The van der Waals surface area contributed by atoms with E-state index in [4.69, 9.17) is 10.5 Å². The summed E-state index contributed by atoms with van der Waals surface area (Å²) in [4.78, 5) is 14.8. The van der Waals surface area contributed by atoms with Gasteiger partial charge in [-0.15, -0.1) is 0 Å². The number of ether oxygens (including phenoxy) is 1. The molecule has 2 aromatic carbocycles. The van der Waals surface area contributed by atoms with Crippen LogP contribution >= 0.6 is 0 Å². The second kappa shape index (κ2) is 7.39. The molecule has 1 aliphatic rings. The van der Waals surface area contributed by atoms with Gasteiger partial charge in [-0.3, -0.25) is 4.79 Å². The number of carbonyl (C=O) groups excluding carboxylic acids is 1.